The molecule has 0 amide bonds. The monoisotopic (exact) mass is 277 g/mol. The van der Waals surface area contributed by atoms with Crippen LogP contribution in [0, 0.1) is 5.21 Å². The molecule has 0 aliphatic heterocycles. The van der Waals surface area contributed by atoms with Gasteiger partial charge in [-0.05, 0) is 19.1 Å². The van der Waals surface area contributed by atoms with Gasteiger partial charge < -0.3 is 14.6 Å². The summed E-state index contributed by atoms with van der Waals surface area (Å²) < 4.78 is 5.04. The lowest BCUT2D eigenvalue weighted by Crippen LogP contribution is -2.48. The van der Waals surface area contributed by atoms with E-state index in [1.165, 1.54) is 0 Å². The van der Waals surface area contributed by atoms with Crippen LogP contribution in [-0.2, 0) is 0 Å². The lowest BCUT2D eigenvalue weighted by molar-refractivity contribution is -0.877. The number of nitrogens with zero attached hydrogens (tertiary/aromatic N) is 1. The van der Waals surface area contributed by atoms with Gasteiger partial charge in [-0.3, -0.25) is 0 Å². The quantitative estimate of drug-likeness (QED) is 0.436. The summed E-state index contributed by atoms with van der Waals surface area (Å²) in [6.07, 6.45) is 0. The highest BCUT2D eigenvalue weighted by atomic mass is 35.5. The molecule has 17 heavy (non-hydrogen) atoms. The van der Waals surface area contributed by atoms with Gasteiger partial charge in [0.25, 0.3) is 0 Å². The Kier molecular flexibility index (Phi) is 6.06. The Balaban J connectivity index is 2.51. The maximum Gasteiger partial charge on any atom is 0.220 e. The highest BCUT2D eigenvalue weighted by Gasteiger charge is 2.20. The third-order valence-corrected chi connectivity index (χ3v) is 2.95. The van der Waals surface area contributed by atoms with Crippen LogP contribution in [0.1, 0.15) is 6.92 Å². The van der Waals surface area contributed by atoms with Crippen molar-refractivity contribution in [3.63, 3.8) is 0 Å². The van der Waals surface area contributed by atoms with Crippen LogP contribution in [0.15, 0.2) is 30.3 Å². The van der Waals surface area contributed by atoms with Crippen molar-refractivity contribution in [2.24, 2.45) is 0 Å². The van der Waals surface area contributed by atoms with Crippen molar-refractivity contribution < 1.29 is 9.38 Å². The van der Waals surface area contributed by atoms with E-state index >= 15 is 0 Å². The van der Waals surface area contributed by atoms with Crippen molar-refractivity contribution in [3.05, 3.63) is 35.5 Å². The number of halogens is 2. The Bertz CT molecular complexity index is 324. The van der Waals surface area contributed by atoms with Gasteiger partial charge in [0.1, 0.15) is 12.3 Å². The number of hydroxylamine groups is 3. The summed E-state index contributed by atoms with van der Waals surface area (Å²) in [4.78, 5) is 0. The topological polar surface area (TPSA) is 32.3 Å². The number of quaternary nitrogens is 1. The second-order valence-corrected chi connectivity index (χ2v) is 4.68. The SMILES string of the molecule is CC[N+]([O-])(CCCl)CC(Cl)Oc1ccccc1. The van der Waals surface area contributed by atoms with E-state index in [1.54, 1.807) is 0 Å². The van der Waals surface area contributed by atoms with Gasteiger partial charge in [0.2, 0.25) is 5.56 Å². The van der Waals surface area contributed by atoms with Gasteiger partial charge in [-0.2, -0.15) is 0 Å². The van der Waals surface area contributed by atoms with Crippen LogP contribution >= 0.6 is 23.2 Å². The fraction of sp³-hybridized carbons (Fsp3) is 0.500. The predicted octanol–water partition coefficient (Wildman–Crippen LogP) is 3.20. The van der Waals surface area contributed by atoms with Gasteiger partial charge in [0.05, 0.1) is 19.0 Å². The minimum Gasteiger partial charge on any atom is -0.633 e. The average molecular weight is 278 g/mol. The van der Waals surface area contributed by atoms with Gasteiger partial charge in [0.15, 0.2) is 0 Å². The van der Waals surface area contributed by atoms with E-state index in [9.17, 15) is 5.21 Å². The summed E-state index contributed by atoms with van der Waals surface area (Å²) >= 11 is 11.6. The first-order valence-corrected chi connectivity index (χ1v) is 6.55. The van der Waals surface area contributed by atoms with Crippen molar-refractivity contribution in [3.8, 4) is 5.75 Å². The number of ether oxygens (including phenoxy) is 1. The third-order valence-electron chi connectivity index (χ3n) is 2.55. The molecule has 3 nitrogen and oxygen atoms in total. The lowest BCUT2D eigenvalue weighted by atomic mass is 10.3. The van der Waals surface area contributed by atoms with E-state index in [-0.39, 0.29) is 6.54 Å². The molecule has 0 N–H and O–H groups in total. The number of hydrogen-bond donors (Lipinski definition) is 0. The van der Waals surface area contributed by atoms with Gasteiger partial charge >= 0.3 is 0 Å². The van der Waals surface area contributed by atoms with Crippen LogP contribution in [0.3, 0.4) is 0 Å². The maximum absolute atomic E-state index is 12.2. The van der Waals surface area contributed by atoms with Gasteiger partial charge in [-0.1, -0.05) is 29.8 Å². The van der Waals surface area contributed by atoms with Crippen molar-refractivity contribution in [1.29, 1.82) is 0 Å². The largest absolute Gasteiger partial charge is 0.633 e. The first kappa shape index (κ1) is 14.6. The van der Waals surface area contributed by atoms with Crippen LogP contribution in [-0.4, -0.2) is 35.7 Å². The zero-order valence-electron chi connectivity index (χ0n) is 9.81. The fourth-order valence-corrected chi connectivity index (χ4v) is 2.14. The molecule has 2 atom stereocenters. The maximum atomic E-state index is 12.2. The summed E-state index contributed by atoms with van der Waals surface area (Å²) in [6.45, 7) is 2.80. The minimum absolute atomic E-state index is 0.194. The lowest BCUT2D eigenvalue weighted by Gasteiger charge is -2.42. The molecular weight excluding hydrogens is 261 g/mol. The predicted molar refractivity (Wildman–Crippen MR) is 71.3 cm³/mol. The molecule has 0 heterocycles. The summed E-state index contributed by atoms with van der Waals surface area (Å²) in [7, 11) is 0. The number of para-hydroxylation sites is 1. The fourth-order valence-electron chi connectivity index (χ4n) is 1.48. The van der Waals surface area contributed by atoms with Gasteiger partial charge in [-0.15, -0.1) is 11.6 Å². The van der Waals surface area contributed by atoms with E-state index in [0.29, 0.717) is 24.7 Å². The Morgan fingerprint density at radius 1 is 1.35 bits per heavy atom. The zero-order valence-corrected chi connectivity index (χ0v) is 11.3. The number of rotatable bonds is 7. The van der Waals surface area contributed by atoms with Crippen LogP contribution < -0.4 is 4.74 Å². The Labute approximate surface area is 112 Å². The van der Waals surface area contributed by atoms with E-state index in [0.717, 1.165) is 0 Å². The molecule has 0 spiro atoms. The molecular formula is C12H17Cl2NO2. The molecule has 0 saturated heterocycles. The molecule has 0 radical (unpaired) electrons. The van der Waals surface area contributed by atoms with Crippen molar-refractivity contribution in [1.82, 2.24) is 0 Å². The molecule has 1 aromatic rings. The molecule has 0 saturated carbocycles. The second kappa shape index (κ2) is 7.07. The average Bonchev–Trinajstić information content (AvgIpc) is 2.30. The second-order valence-electron chi connectivity index (χ2n) is 3.81. The molecule has 0 aliphatic rings. The highest BCUT2D eigenvalue weighted by molar-refractivity contribution is 6.20. The van der Waals surface area contributed by atoms with Crippen LogP contribution in [0.25, 0.3) is 0 Å². The molecule has 2 unspecified atom stereocenters. The molecule has 0 fully saturated rings. The molecule has 0 aliphatic carbocycles. The van der Waals surface area contributed by atoms with Gasteiger partial charge in [-0.25, -0.2) is 0 Å². The number of benzene rings is 1. The first-order valence-electron chi connectivity index (χ1n) is 5.58. The summed E-state index contributed by atoms with van der Waals surface area (Å²) in [5.41, 5.74) is -0.641. The standard InChI is InChI=1S/C12H17Cl2NO2/c1-2-15(16,9-8-13)10-12(14)17-11-6-4-3-5-7-11/h3-7,12H,2,8-10H2,1H3. The zero-order chi connectivity index (χ0) is 12.7. The molecule has 96 valence electrons. The first-order chi connectivity index (χ1) is 8.09. The third kappa shape index (κ3) is 5.13. The Hall–Kier alpha value is -0.480. The summed E-state index contributed by atoms with van der Waals surface area (Å²) in [6, 6.07) is 9.22. The number of alkyl halides is 2. The van der Waals surface area contributed by atoms with Crippen LogP contribution in [0.5, 0.6) is 5.75 Å². The van der Waals surface area contributed by atoms with E-state index in [4.69, 9.17) is 27.9 Å². The molecule has 1 aromatic carbocycles. The van der Waals surface area contributed by atoms with E-state index < -0.39 is 10.2 Å². The highest BCUT2D eigenvalue weighted by Crippen LogP contribution is 2.16. The number of likely N-dealkylation sites (N-methyl/N-ethyl adjacent to an activating group) is 1. The smallest absolute Gasteiger partial charge is 0.220 e. The molecule has 0 bridgehead atoms. The molecule has 5 heteroatoms. The van der Waals surface area contributed by atoms with Crippen LogP contribution in [0.4, 0.5) is 0 Å². The summed E-state index contributed by atoms with van der Waals surface area (Å²) in [5, 5.41) is 12.2. The van der Waals surface area contributed by atoms with Crippen LogP contribution in [0.2, 0.25) is 0 Å². The van der Waals surface area contributed by atoms with E-state index in [1.807, 2.05) is 37.3 Å². The van der Waals surface area contributed by atoms with Crippen molar-refractivity contribution in [2.75, 3.05) is 25.5 Å². The Morgan fingerprint density at radius 2 is 2.00 bits per heavy atom. The minimum atomic E-state index is -0.641. The molecule has 1 rings (SSSR count). The number of hydrogen-bond acceptors (Lipinski definition) is 2. The normalized spacial score (nSPS) is 16.2. The summed E-state index contributed by atoms with van der Waals surface area (Å²) in [5.74, 6) is 0.993. The van der Waals surface area contributed by atoms with E-state index in [2.05, 4.69) is 0 Å². The van der Waals surface area contributed by atoms with Gasteiger partial charge in [0, 0.05) is 0 Å². The van der Waals surface area contributed by atoms with Crippen molar-refractivity contribution >= 4 is 23.2 Å². The molecule has 0 aromatic heterocycles. The Morgan fingerprint density at radius 3 is 2.53 bits per heavy atom. The van der Waals surface area contributed by atoms with Crippen molar-refractivity contribution in [2.45, 2.75) is 12.5 Å².